The van der Waals surface area contributed by atoms with Gasteiger partial charge in [-0.3, -0.25) is 4.79 Å². The lowest BCUT2D eigenvalue weighted by Crippen LogP contribution is -2.20. The second-order valence-corrected chi connectivity index (χ2v) is 4.99. The number of carbonyl (C=O) groups excluding carboxylic acids is 1. The van der Waals surface area contributed by atoms with Gasteiger partial charge in [-0.2, -0.15) is 5.10 Å². The molecule has 0 fully saturated rings. The van der Waals surface area contributed by atoms with Gasteiger partial charge in [-0.05, 0) is 30.3 Å². The third kappa shape index (κ3) is 1.98. The summed E-state index contributed by atoms with van der Waals surface area (Å²) < 4.78 is 1.76. The molecule has 6 nitrogen and oxygen atoms in total. The van der Waals surface area contributed by atoms with Crippen LogP contribution in [0.2, 0.25) is 0 Å². The molecule has 0 bridgehead atoms. The van der Waals surface area contributed by atoms with Crippen LogP contribution in [0.15, 0.2) is 18.2 Å². The van der Waals surface area contributed by atoms with Gasteiger partial charge in [-0.1, -0.05) is 0 Å². The third-order valence-electron chi connectivity index (χ3n) is 3.59. The first-order valence-electron chi connectivity index (χ1n) is 6.60. The van der Waals surface area contributed by atoms with Crippen LogP contribution >= 0.6 is 0 Å². The van der Waals surface area contributed by atoms with E-state index in [1.807, 2.05) is 25.2 Å². The lowest BCUT2D eigenvalue weighted by Gasteiger charge is -2.10. The van der Waals surface area contributed by atoms with E-state index in [1.165, 1.54) is 0 Å². The summed E-state index contributed by atoms with van der Waals surface area (Å²) in [4.78, 5) is 17.9. The molecule has 6 heteroatoms. The van der Waals surface area contributed by atoms with E-state index in [0.717, 1.165) is 28.5 Å². The largest absolute Gasteiger partial charge is 0.330 e. The number of nitrogens with two attached hydrogens (primary N) is 1. The van der Waals surface area contributed by atoms with E-state index < -0.39 is 0 Å². The Morgan fingerprint density at radius 1 is 1.35 bits per heavy atom. The smallest absolute Gasteiger partial charge is 0.231 e. The Hall–Kier alpha value is -2.21. The zero-order valence-corrected chi connectivity index (χ0v) is 11.6. The predicted octanol–water partition coefficient (Wildman–Crippen LogP) is 0.502. The maximum absolute atomic E-state index is 11.7. The number of carbonyl (C=O) groups is 1. The van der Waals surface area contributed by atoms with Gasteiger partial charge in [0.2, 0.25) is 5.91 Å². The Bertz CT molecular complexity index is 676. The van der Waals surface area contributed by atoms with Crippen molar-refractivity contribution < 1.29 is 4.79 Å². The molecule has 1 aromatic carbocycles. The highest BCUT2D eigenvalue weighted by atomic mass is 16.2. The summed E-state index contributed by atoms with van der Waals surface area (Å²) in [5, 5.41) is 4.35. The van der Waals surface area contributed by atoms with Gasteiger partial charge in [-0.15, -0.1) is 0 Å². The van der Waals surface area contributed by atoms with Crippen LogP contribution < -0.4 is 10.6 Å². The second-order valence-electron chi connectivity index (χ2n) is 4.99. The summed E-state index contributed by atoms with van der Waals surface area (Å²) in [6.45, 7) is 0.535. The number of hydrogen-bond acceptors (Lipinski definition) is 4. The van der Waals surface area contributed by atoms with Crippen molar-refractivity contribution in [2.75, 3.05) is 18.5 Å². The number of hydrogen-bond donors (Lipinski definition) is 1. The van der Waals surface area contributed by atoms with Gasteiger partial charge in [0.05, 0.1) is 6.42 Å². The standard InChI is InChI=1S/C14H17N5O/c1-18-11-4-3-9(7-10(11)8-13(18)20)14-16-12(5-6-15)17-19(14)2/h3-4,7H,5-6,8,15H2,1-2H3. The molecule has 2 aromatic rings. The molecule has 0 aliphatic carbocycles. The first-order chi connectivity index (χ1) is 9.60. The lowest BCUT2D eigenvalue weighted by molar-refractivity contribution is -0.117. The zero-order chi connectivity index (χ0) is 14.3. The minimum atomic E-state index is 0.124. The van der Waals surface area contributed by atoms with E-state index in [0.29, 0.717) is 19.4 Å². The molecule has 1 aliphatic heterocycles. The number of aryl methyl sites for hydroxylation is 1. The van der Waals surface area contributed by atoms with Gasteiger partial charge in [0.25, 0.3) is 0 Å². The maximum atomic E-state index is 11.7. The van der Waals surface area contributed by atoms with Crippen molar-refractivity contribution in [3.8, 4) is 11.4 Å². The number of nitrogens with zero attached hydrogens (tertiary/aromatic N) is 4. The third-order valence-corrected chi connectivity index (χ3v) is 3.59. The van der Waals surface area contributed by atoms with Gasteiger partial charge < -0.3 is 10.6 Å². The van der Waals surface area contributed by atoms with Crippen LogP contribution in [0.1, 0.15) is 11.4 Å². The van der Waals surface area contributed by atoms with Crippen molar-refractivity contribution in [2.24, 2.45) is 12.8 Å². The number of aromatic nitrogens is 3. The molecular weight excluding hydrogens is 254 g/mol. The minimum absolute atomic E-state index is 0.124. The lowest BCUT2D eigenvalue weighted by atomic mass is 10.1. The topological polar surface area (TPSA) is 77.0 Å². The summed E-state index contributed by atoms with van der Waals surface area (Å²) in [6.07, 6.45) is 1.12. The van der Waals surface area contributed by atoms with E-state index in [-0.39, 0.29) is 5.91 Å². The molecule has 20 heavy (non-hydrogen) atoms. The number of benzene rings is 1. The van der Waals surface area contributed by atoms with Crippen LogP contribution in [0.25, 0.3) is 11.4 Å². The highest BCUT2D eigenvalue weighted by Gasteiger charge is 2.24. The van der Waals surface area contributed by atoms with Gasteiger partial charge in [0, 0.05) is 31.8 Å². The molecule has 1 aliphatic rings. The van der Waals surface area contributed by atoms with Crippen molar-refractivity contribution in [1.82, 2.24) is 14.8 Å². The quantitative estimate of drug-likeness (QED) is 0.882. The van der Waals surface area contributed by atoms with Gasteiger partial charge >= 0.3 is 0 Å². The molecule has 1 aromatic heterocycles. The molecule has 1 amide bonds. The zero-order valence-electron chi connectivity index (χ0n) is 11.6. The Labute approximate surface area is 117 Å². The fraction of sp³-hybridized carbons (Fsp3) is 0.357. The number of anilines is 1. The van der Waals surface area contributed by atoms with Crippen molar-refractivity contribution in [1.29, 1.82) is 0 Å². The molecule has 2 heterocycles. The Morgan fingerprint density at radius 2 is 2.15 bits per heavy atom. The number of amides is 1. The molecule has 0 saturated heterocycles. The van der Waals surface area contributed by atoms with Crippen LogP contribution in [0.4, 0.5) is 5.69 Å². The van der Waals surface area contributed by atoms with Crippen molar-refractivity contribution in [2.45, 2.75) is 12.8 Å². The molecule has 2 N–H and O–H groups in total. The van der Waals surface area contributed by atoms with Crippen LogP contribution in [0.3, 0.4) is 0 Å². The average Bonchev–Trinajstić information content (AvgIpc) is 2.91. The second kappa shape index (κ2) is 4.72. The highest BCUT2D eigenvalue weighted by molar-refractivity contribution is 6.01. The van der Waals surface area contributed by atoms with Crippen LogP contribution in [-0.2, 0) is 24.7 Å². The van der Waals surface area contributed by atoms with E-state index in [2.05, 4.69) is 10.1 Å². The molecule has 0 spiro atoms. The fourth-order valence-corrected chi connectivity index (χ4v) is 2.53. The minimum Gasteiger partial charge on any atom is -0.330 e. The molecule has 0 unspecified atom stereocenters. The monoisotopic (exact) mass is 271 g/mol. The van der Waals surface area contributed by atoms with E-state index in [1.54, 1.807) is 16.6 Å². The Balaban J connectivity index is 2.00. The van der Waals surface area contributed by atoms with Crippen molar-refractivity contribution in [3.63, 3.8) is 0 Å². The first-order valence-corrected chi connectivity index (χ1v) is 6.60. The Morgan fingerprint density at radius 3 is 2.90 bits per heavy atom. The molecule has 0 atom stereocenters. The fourth-order valence-electron chi connectivity index (χ4n) is 2.53. The SMILES string of the molecule is CN1C(=O)Cc2cc(-c3nc(CCN)nn3C)ccc21. The Kier molecular flexibility index (Phi) is 3.02. The molecule has 104 valence electrons. The summed E-state index contributed by atoms with van der Waals surface area (Å²) in [5.41, 5.74) is 8.52. The maximum Gasteiger partial charge on any atom is 0.231 e. The normalized spacial score (nSPS) is 13.9. The molecule has 3 rings (SSSR count). The van der Waals surface area contributed by atoms with Gasteiger partial charge in [0.1, 0.15) is 0 Å². The van der Waals surface area contributed by atoms with E-state index >= 15 is 0 Å². The summed E-state index contributed by atoms with van der Waals surface area (Å²) in [6, 6.07) is 5.96. The molecule has 0 radical (unpaired) electrons. The van der Waals surface area contributed by atoms with Crippen molar-refractivity contribution in [3.05, 3.63) is 29.6 Å². The average molecular weight is 271 g/mol. The van der Waals surface area contributed by atoms with Crippen molar-refractivity contribution >= 4 is 11.6 Å². The first kappa shape index (κ1) is 12.8. The number of fused-ring (bicyclic) bond motifs is 1. The summed E-state index contributed by atoms with van der Waals surface area (Å²) in [5.74, 6) is 1.68. The highest BCUT2D eigenvalue weighted by Crippen LogP contribution is 2.31. The van der Waals surface area contributed by atoms with E-state index in [9.17, 15) is 4.79 Å². The van der Waals surface area contributed by atoms with Gasteiger partial charge in [0.15, 0.2) is 11.6 Å². The van der Waals surface area contributed by atoms with E-state index in [4.69, 9.17) is 5.73 Å². The molecule has 0 saturated carbocycles. The van der Waals surface area contributed by atoms with Crippen LogP contribution in [0, 0.1) is 0 Å². The summed E-state index contributed by atoms with van der Waals surface area (Å²) in [7, 11) is 3.67. The van der Waals surface area contributed by atoms with Crippen LogP contribution in [-0.4, -0.2) is 34.3 Å². The number of rotatable bonds is 3. The predicted molar refractivity (Wildman–Crippen MR) is 76.3 cm³/mol. The number of likely N-dealkylation sites (N-methyl/N-ethyl adjacent to an activating group) is 1. The van der Waals surface area contributed by atoms with Crippen LogP contribution in [0.5, 0.6) is 0 Å². The molecular formula is C14H17N5O. The van der Waals surface area contributed by atoms with Gasteiger partial charge in [-0.25, -0.2) is 9.67 Å². The summed E-state index contributed by atoms with van der Waals surface area (Å²) >= 11 is 0.